The molecule has 0 aliphatic heterocycles. The minimum atomic E-state index is -0.297. The van der Waals surface area contributed by atoms with Crippen molar-refractivity contribution in [2.24, 2.45) is 11.7 Å². The molecule has 0 radical (unpaired) electrons. The van der Waals surface area contributed by atoms with Crippen LogP contribution in [0.4, 0.5) is 0 Å². The third kappa shape index (κ3) is 3.99. The second-order valence-corrected chi connectivity index (χ2v) is 2.84. The van der Waals surface area contributed by atoms with Gasteiger partial charge in [-0.2, -0.15) is 0 Å². The molecule has 68 valence electrons. The highest BCUT2D eigenvalue weighted by Gasteiger charge is 2.09. The molecule has 2 unspecified atom stereocenters. The lowest BCUT2D eigenvalue weighted by molar-refractivity contribution is -0.121. The molecule has 0 bridgehead atoms. The molecule has 3 N–H and O–H groups in total. The van der Waals surface area contributed by atoms with Crippen LogP contribution in [-0.2, 0) is 4.79 Å². The number of carbonyl (C=O) groups excluding carboxylic acids is 1. The van der Waals surface area contributed by atoms with Crippen molar-refractivity contribution in [3.63, 3.8) is 0 Å². The number of hydrogen-bond donors (Lipinski definition) is 2. The van der Waals surface area contributed by atoms with E-state index >= 15 is 0 Å². The van der Waals surface area contributed by atoms with Crippen molar-refractivity contribution >= 4 is 5.91 Å². The van der Waals surface area contributed by atoms with Crippen molar-refractivity contribution in [1.82, 2.24) is 5.32 Å². The van der Waals surface area contributed by atoms with E-state index in [0.717, 1.165) is 6.42 Å². The van der Waals surface area contributed by atoms with Crippen LogP contribution in [0.2, 0.25) is 0 Å². The zero-order valence-electron chi connectivity index (χ0n) is 7.63. The first-order chi connectivity index (χ1) is 5.61. The highest BCUT2D eigenvalue weighted by molar-refractivity contribution is 5.76. The van der Waals surface area contributed by atoms with E-state index in [0.29, 0.717) is 6.54 Å². The number of rotatable bonds is 5. The zero-order chi connectivity index (χ0) is 9.56. The average molecular weight is 168 g/mol. The predicted molar refractivity (Wildman–Crippen MR) is 49.3 cm³/mol. The fraction of sp³-hybridized carbons (Fsp3) is 0.667. The van der Waals surface area contributed by atoms with Gasteiger partial charge in [-0.15, -0.1) is 6.42 Å². The van der Waals surface area contributed by atoms with Crippen LogP contribution in [0.1, 0.15) is 20.3 Å². The second kappa shape index (κ2) is 5.62. The van der Waals surface area contributed by atoms with Gasteiger partial charge in [-0.05, 0) is 6.42 Å². The van der Waals surface area contributed by atoms with E-state index in [4.69, 9.17) is 12.2 Å². The molecular weight excluding hydrogens is 152 g/mol. The average Bonchev–Trinajstić information content (AvgIpc) is 2.05. The van der Waals surface area contributed by atoms with Crippen molar-refractivity contribution < 1.29 is 4.79 Å². The van der Waals surface area contributed by atoms with E-state index in [1.165, 1.54) is 0 Å². The Bertz CT molecular complexity index is 183. The Labute approximate surface area is 73.7 Å². The smallest absolute Gasteiger partial charge is 0.221 e. The summed E-state index contributed by atoms with van der Waals surface area (Å²) < 4.78 is 0. The Morgan fingerprint density at radius 3 is 2.67 bits per heavy atom. The Morgan fingerprint density at radius 2 is 2.33 bits per heavy atom. The van der Waals surface area contributed by atoms with E-state index < -0.39 is 0 Å². The van der Waals surface area contributed by atoms with Crippen LogP contribution >= 0.6 is 0 Å². The molecule has 12 heavy (non-hydrogen) atoms. The Morgan fingerprint density at radius 1 is 1.75 bits per heavy atom. The Hall–Kier alpha value is -1.01. The van der Waals surface area contributed by atoms with Crippen LogP contribution in [0.25, 0.3) is 0 Å². The zero-order valence-corrected chi connectivity index (χ0v) is 7.63. The fourth-order valence-electron chi connectivity index (χ4n) is 0.741. The van der Waals surface area contributed by atoms with E-state index in [-0.39, 0.29) is 17.9 Å². The molecule has 1 amide bonds. The molecule has 0 rings (SSSR count). The molecule has 0 aromatic heterocycles. The maximum atomic E-state index is 10.6. The van der Waals surface area contributed by atoms with E-state index in [9.17, 15) is 4.79 Å². The molecule has 0 aliphatic carbocycles. The summed E-state index contributed by atoms with van der Waals surface area (Å²) in [6.07, 6.45) is 6.08. The molecule has 0 saturated heterocycles. The van der Waals surface area contributed by atoms with Crippen molar-refractivity contribution in [2.75, 3.05) is 6.54 Å². The maximum absolute atomic E-state index is 10.6. The van der Waals surface area contributed by atoms with Crippen LogP contribution in [0, 0.1) is 18.3 Å². The summed E-state index contributed by atoms with van der Waals surface area (Å²) in [4.78, 5) is 10.6. The van der Waals surface area contributed by atoms with Gasteiger partial charge in [-0.25, -0.2) is 0 Å². The highest BCUT2D eigenvalue weighted by atomic mass is 16.1. The molecule has 0 aliphatic rings. The van der Waals surface area contributed by atoms with Crippen LogP contribution in [0.15, 0.2) is 0 Å². The Kier molecular flexibility index (Phi) is 5.14. The first kappa shape index (κ1) is 11.0. The van der Waals surface area contributed by atoms with E-state index in [1.54, 1.807) is 6.92 Å². The SMILES string of the molecule is C#CC(CC)NCC(C)C(N)=O. The highest BCUT2D eigenvalue weighted by Crippen LogP contribution is 1.93. The molecule has 0 heterocycles. The summed E-state index contributed by atoms with van der Waals surface area (Å²) in [7, 11) is 0. The first-order valence-corrected chi connectivity index (χ1v) is 4.10. The van der Waals surface area contributed by atoms with Gasteiger partial charge in [0.1, 0.15) is 0 Å². The molecular formula is C9H16N2O. The topological polar surface area (TPSA) is 55.1 Å². The van der Waals surface area contributed by atoms with Crippen molar-refractivity contribution in [2.45, 2.75) is 26.3 Å². The number of nitrogens with one attached hydrogen (secondary N) is 1. The van der Waals surface area contributed by atoms with Gasteiger partial charge in [0.05, 0.1) is 6.04 Å². The maximum Gasteiger partial charge on any atom is 0.221 e. The Balaban J connectivity index is 3.68. The summed E-state index contributed by atoms with van der Waals surface area (Å²) in [5.41, 5.74) is 5.07. The molecule has 0 fully saturated rings. The number of nitrogens with two attached hydrogens (primary N) is 1. The first-order valence-electron chi connectivity index (χ1n) is 4.10. The summed E-state index contributed by atoms with van der Waals surface area (Å²) >= 11 is 0. The lowest BCUT2D eigenvalue weighted by atomic mass is 10.1. The van der Waals surface area contributed by atoms with E-state index in [2.05, 4.69) is 11.2 Å². The number of hydrogen-bond acceptors (Lipinski definition) is 2. The van der Waals surface area contributed by atoms with Gasteiger partial charge >= 0.3 is 0 Å². The molecule has 0 spiro atoms. The van der Waals surface area contributed by atoms with Crippen LogP contribution in [0.5, 0.6) is 0 Å². The standard InChI is InChI=1S/C9H16N2O/c1-4-8(5-2)11-6-7(3)9(10)12/h1,7-8,11H,5-6H2,2-3H3,(H2,10,12). The van der Waals surface area contributed by atoms with Gasteiger partial charge in [0.15, 0.2) is 0 Å². The molecule has 0 saturated carbocycles. The van der Waals surface area contributed by atoms with E-state index in [1.807, 2.05) is 6.92 Å². The minimum absolute atomic E-state index is 0.0480. The van der Waals surface area contributed by atoms with Crippen molar-refractivity contribution in [3.05, 3.63) is 0 Å². The van der Waals surface area contributed by atoms with Crippen LogP contribution < -0.4 is 11.1 Å². The number of carbonyl (C=O) groups is 1. The third-order valence-corrected chi connectivity index (χ3v) is 1.77. The van der Waals surface area contributed by atoms with Gasteiger partial charge in [-0.3, -0.25) is 4.79 Å². The summed E-state index contributed by atoms with van der Waals surface area (Å²) in [6, 6.07) is 0.0480. The fourth-order valence-corrected chi connectivity index (χ4v) is 0.741. The van der Waals surface area contributed by atoms with Crippen molar-refractivity contribution in [3.8, 4) is 12.3 Å². The molecule has 2 atom stereocenters. The number of primary amides is 1. The van der Waals surface area contributed by atoms with Gasteiger partial charge in [0, 0.05) is 12.5 Å². The van der Waals surface area contributed by atoms with Gasteiger partial charge in [-0.1, -0.05) is 19.8 Å². The monoisotopic (exact) mass is 168 g/mol. The molecule has 0 aromatic carbocycles. The second-order valence-electron chi connectivity index (χ2n) is 2.84. The largest absolute Gasteiger partial charge is 0.369 e. The molecule has 0 aromatic rings. The molecule has 3 heteroatoms. The summed E-state index contributed by atoms with van der Waals surface area (Å²) in [5, 5.41) is 3.06. The number of terminal acetylenes is 1. The van der Waals surface area contributed by atoms with Crippen molar-refractivity contribution in [1.29, 1.82) is 0 Å². The van der Waals surface area contributed by atoms with Crippen LogP contribution in [-0.4, -0.2) is 18.5 Å². The minimum Gasteiger partial charge on any atom is -0.369 e. The van der Waals surface area contributed by atoms with Gasteiger partial charge in [0.25, 0.3) is 0 Å². The summed E-state index contributed by atoms with van der Waals surface area (Å²) in [6.45, 7) is 4.32. The molecule has 3 nitrogen and oxygen atoms in total. The number of amides is 1. The third-order valence-electron chi connectivity index (χ3n) is 1.77. The summed E-state index contributed by atoms with van der Waals surface area (Å²) in [5.74, 6) is 2.13. The van der Waals surface area contributed by atoms with Gasteiger partial charge in [0.2, 0.25) is 5.91 Å². The lowest BCUT2D eigenvalue weighted by Gasteiger charge is -2.12. The quantitative estimate of drug-likeness (QED) is 0.572. The van der Waals surface area contributed by atoms with Crippen LogP contribution in [0.3, 0.4) is 0 Å². The predicted octanol–water partition coefficient (Wildman–Crippen LogP) is 0.109. The lowest BCUT2D eigenvalue weighted by Crippen LogP contribution is -2.36. The normalized spacial score (nSPS) is 14.8. The van der Waals surface area contributed by atoms with Gasteiger partial charge < -0.3 is 11.1 Å².